The Balaban J connectivity index is 1.48. The van der Waals surface area contributed by atoms with E-state index in [0.29, 0.717) is 18.1 Å². The molecule has 6 nitrogen and oxygen atoms in total. The first kappa shape index (κ1) is 17.5. The maximum Gasteiger partial charge on any atom is 0.271 e. The molecule has 2 N–H and O–H groups in total. The fourth-order valence-electron chi connectivity index (χ4n) is 3.63. The molecule has 4 rings (SSSR count). The van der Waals surface area contributed by atoms with Crippen LogP contribution >= 0.6 is 0 Å². The van der Waals surface area contributed by atoms with Gasteiger partial charge in [0.15, 0.2) is 0 Å². The number of amides is 1. The van der Waals surface area contributed by atoms with Crippen LogP contribution in [0, 0.1) is 6.92 Å². The van der Waals surface area contributed by atoms with Gasteiger partial charge in [-0.05, 0) is 45.0 Å². The predicted molar refractivity (Wildman–Crippen MR) is 103 cm³/mol. The van der Waals surface area contributed by atoms with Crippen LogP contribution in [0.4, 0.5) is 0 Å². The van der Waals surface area contributed by atoms with E-state index in [9.17, 15) is 4.79 Å². The summed E-state index contributed by atoms with van der Waals surface area (Å²) in [4.78, 5) is 22.8. The lowest BCUT2D eigenvalue weighted by molar-refractivity contribution is 0.0928. The van der Waals surface area contributed by atoms with Crippen molar-refractivity contribution in [2.45, 2.75) is 25.8 Å². The number of hydrogen-bond donors (Lipinski definition) is 2. The van der Waals surface area contributed by atoms with Crippen LogP contribution in [0.1, 0.15) is 40.8 Å². The van der Waals surface area contributed by atoms with Crippen molar-refractivity contribution in [3.63, 3.8) is 0 Å². The normalized spacial score (nSPS) is 15.7. The molecule has 0 aliphatic carbocycles. The minimum atomic E-state index is -0.165. The van der Waals surface area contributed by atoms with Gasteiger partial charge in [-0.25, -0.2) is 4.98 Å². The Morgan fingerprint density at radius 3 is 2.70 bits per heavy atom. The van der Waals surface area contributed by atoms with Crippen LogP contribution in [0.25, 0.3) is 11.4 Å². The molecular weight excluding hydrogens is 340 g/mol. The van der Waals surface area contributed by atoms with Crippen molar-refractivity contribution in [1.29, 1.82) is 0 Å². The summed E-state index contributed by atoms with van der Waals surface area (Å²) in [6.07, 6.45) is 4.05. The number of rotatable bonds is 6. The molecule has 1 aliphatic rings. The van der Waals surface area contributed by atoms with E-state index < -0.39 is 0 Å². The summed E-state index contributed by atoms with van der Waals surface area (Å²) in [5, 5.41) is 3.05. The first-order chi connectivity index (χ1) is 13.2. The molecule has 1 amide bonds. The topological polar surface area (TPSA) is 74.2 Å². The second-order valence-electron chi connectivity index (χ2n) is 6.91. The first-order valence-corrected chi connectivity index (χ1v) is 9.40. The molecule has 140 valence electrons. The average molecular weight is 364 g/mol. The van der Waals surface area contributed by atoms with Crippen molar-refractivity contribution in [3.05, 3.63) is 65.9 Å². The van der Waals surface area contributed by atoms with Crippen molar-refractivity contribution in [3.8, 4) is 11.4 Å². The maximum atomic E-state index is 12.8. The minimum absolute atomic E-state index is 0.0549. The van der Waals surface area contributed by atoms with Crippen LogP contribution in [-0.2, 0) is 0 Å². The van der Waals surface area contributed by atoms with Crippen molar-refractivity contribution in [1.82, 2.24) is 20.2 Å². The van der Waals surface area contributed by atoms with Gasteiger partial charge in [0.25, 0.3) is 5.91 Å². The molecule has 1 fully saturated rings. The molecule has 1 saturated heterocycles. The third-order valence-electron chi connectivity index (χ3n) is 5.06. The molecule has 3 aromatic rings. The van der Waals surface area contributed by atoms with E-state index in [1.54, 1.807) is 6.26 Å². The Bertz CT molecular complexity index is 880. The molecule has 2 aromatic heterocycles. The van der Waals surface area contributed by atoms with Gasteiger partial charge in [-0.3, -0.25) is 9.69 Å². The third kappa shape index (κ3) is 3.80. The molecule has 0 bridgehead atoms. The number of carbonyl (C=O) groups excluding carboxylic acids is 1. The van der Waals surface area contributed by atoms with Gasteiger partial charge < -0.3 is 14.7 Å². The lowest BCUT2D eigenvalue weighted by Gasteiger charge is -2.25. The van der Waals surface area contributed by atoms with E-state index in [-0.39, 0.29) is 11.9 Å². The van der Waals surface area contributed by atoms with Gasteiger partial charge in [0, 0.05) is 17.8 Å². The molecule has 3 heterocycles. The van der Waals surface area contributed by atoms with E-state index >= 15 is 0 Å². The van der Waals surface area contributed by atoms with Gasteiger partial charge in [0.2, 0.25) is 0 Å². The summed E-state index contributed by atoms with van der Waals surface area (Å²) in [6.45, 7) is 4.43. The lowest BCUT2D eigenvalue weighted by Crippen LogP contribution is -2.37. The van der Waals surface area contributed by atoms with E-state index in [1.807, 2.05) is 49.4 Å². The van der Waals surface area contributed by atoms with Crippen LogP contribution in [0.3, 0.4) is 0 Å². The monoisotopic (exact) mass is 364 g/mol. The number of aromatic nitrogens is 2. The third-order valence-corrected chi connectivity index (χ3v) is 5.06. The molecule has 1 aliphatic heterocycles. The zero-order chi connectivity index (χ0) is 18.6. The largest absolute Gasteiger partial charge is 0.468 e. The zero-order valence-corrected chi connectivity index (χ0v) is 15.4. The number of H-pyrrole nitrogens is 1. The zero-order valence-electron chi connectivity index (χ0n) is 15.4. The van der Waals surface area contributed by atoms with Gasteiger partial charge >= 0.3 is 0 Å². The van der Waals surface area contributed by atoms with Crippen molar-refractivity contribution >= 4 is 5.91 Å². The standard InChI is InChI=1S/C21H24N4O2/c1-15-19(24-20(23-15)16-8-3-2-4-9-16)21(26)22-14-17(18-10-7-13-27-18)25-11-5-6-12-25/h2-4,7-10,13,17H,5-6,11-12,14H2,1H3,(H,22,26)(H,23,24)/t17-/m1/s1. The number of hydrogen-bond acceptors (Lipinski definition) is 4. The van der Waals surface area contributed by atoms with Gasteiger partial charge in [-0.15, -0.1) is 0 Å². The Morgan fingerprint density at radius 2 is 2.00 bits per heavy atom. The quantitative estimate of drug-likeness (QED) is 0.701. The molecule has 0 spiro atoms. The van der Waals surface area contributed by atoms with Crippen molar-refractivity contribution < 1.29 is 9.21 Å². The summed E-state index contributed by atoms with van der Waals surface area (Å²) in [5.74, 6) is 1.43. The fourth-order valence-corrected chi connectivity index (χ4v) is 3.63. The summed E-state index contributed by atoms with van der Waals surface area (Å²) in [7, 11) is 0. The number of likely N-dealkylation sites (tertiary alicyclic amines) is 1. The first-order valence-electron chi connectivity index (χ1n) is 9.40. The van der Waals surface area contributed by atoms with Crippen molar-refractivity contribution in [2.24, 2.45) is 0 Å². The van der Waals surface area contributed by atoms with E-state index in [1.165, 1.54) is 12.8 Å². The number of benzene rings is 1. The van der Waals surface area contributed by atoms with Gasteiger partial charge in [-0.1, -0.05) is 30.3 Å². The summed E-state index contributed by atoms with van der Waals surface area (Å²) >= 11 is 0. The van der Waals surface area contributed by atoms with Crippen LogP contribution in [0.5, 0.6) is 0 Å². The smallest absolute Gasteiger partial charge is 0.271 e. The number of aromatic amines is 1. The van der Waals surface area contributed by atoms with Gasteiger partial charge in [0.1, 0.15) is 17.3 Å². The number of nitrogens with zero attached hydrogens (tertiary/aromatic N) is 2. The van der Waals surface area contributed by atoms with E-state index in [2.05, 4.69) is 20.2 Å². The summed E-state index contributed by atoms with van der Waals surface area (Å²) in [5.41, 5.74) is 2.17. The Kier molecular flexibility index (Phi) is 5.07. The highest BCUT2D eigenvalue weighted by Crippen LogP contribution is 2.25. The SMILES string of the molecule is Cc1[nH]c(-c2ccccc2)nc1C(=O)NC[C@H](c1ccco1)N1CCCC1. The Morgan fingerprint density at radius 1 is 1.22 bits per heavy atom. The molecule has 0 saturated carbocycles. The highest BCUT2D eigenvalue weighted by Gasteiger charge is 2.26. The van der Waals surface area contributed by atoms with Crippen LogP contribution in [0.2, 0.25) is 0 Å². The molecule has 6 heteroatoms. The van der Waals surface area contributed by atoms with Crippen LogP contribution in [-0.4, -0.2) is 40.4 Å². The van der Waals surface area contributed by atoms with Crippen LogP contribution in [0.15, 0.2) is 53.1 Å². The van der Waals surface area contributed by atoms with Crippen molar-refractivity contribution in [2.75, 3.05) is 19.6 Å². The number of furan rings is 1. The van der Waals surface area contributed by atoms with E-state index in [4.69, 9.17) is 4.42 Å². The Labute approximate surface area is 158 Å². The number of nitrogens with one attached hydrogen (secondary N) is 2. The Hall–Kier alpha value is -2.86. The molecule has 0 radical (unpaired) electrons. The highest BCUT2D eigenvalue weighted by molar-refractivity contribution is 5.94. The second kappa shape index (κ2) is 7.80. The fraction of sp³-hybridized carbons (Fsp3) is 0.333. The highest BCUT2D eigenvalue weighted by atomic mass is 16.3. The van der Waals surface area contributed by atoms with Gasteiger partial charge in [-0.2, -0.15) is 0 Å². The summed E-state index contributed by atoms with van der Waals surface area (Å²) < 4.78 is 5.62. The summed E-state index contributed by atoms with van der Waals surface area (Å²) in [6, 6.07) is 13.7. The molecule has 0 unspecified atom stereocenters. The molecular formula is C21H24N4O2. The number of aryl methyl sites for hydroxylation is 1. The molecule has 27 heavy (non-hydrogen) atoms. The maximum absolute atomic E-state index is 12.8. The number of imidazole rings is 1. The van der Waals surface area contributed by atoms with Gasteiger partial charge in [0.05, 0.1) is 12.3 Å². The second-order valence-corrected chi connectivity index (χ2v) is 6.91. The predicted octanol–water partition coefficient (Wildman–Crippen LogP) is 3.55. The van der Waals surface area contributed by atoms with E-state index in [0.717, 1.165) is 30.1 Å². The number of carbonyl (C=O) groups is 1. The molecule has 1 atom stereocenters. The minimum Gasteiger partial charge on any atom is -0.468 e. The average Bonchev–Trinajstić information content (AvgIpc) is 3.45. The van der Waals surface area contributed by atoms with Crippen LogP contribution < -0.4 is 5.32 Å². The molecule has 1 aromatic carbocycles. The lowest BCUT2D eigenvalue weighted by atomic mass is 10.2.